The Balaban J connectivity index is 1.96. The van der Waals surface area contributed by atoms with Crippen LogP contribution in [0.5, 0.6) is 11.5 Å². The predicted octanol–water partition coefficient (Wildman–Crippen LogP) is 6.28. The first-order valence-corrected chi connectivity index (χ1v) is 11.6. The van der Waals surface area contributed by atoms with Gasteiger partial charge < -0.3 is 14.6 Å². The molecule has 0 spiro atoms. The van der Waals surface area contributed by atoms with Crippen LogP contribution in [0.15, 0.2) is 49.3 Å². The van der Waals surface area contributed by atoms with E-state index in [0.717, 1.165) is 16.2 Å². The van der Waals surface area contributed by atoms with Crippen molar-refractivity contribution >= 4 is 67.3 Å². The highest BCUT2D eigenvalue weighted by Gasteiger charge is 2.18. The van der Waals surface area contributed by atoms with E-state index < -0.39 is 5.97 Å². The summed E-state index contributed by atoms with van der Waals surface area (Å²) in [6, 6.07) is 8.72. The number of H-pyrrole nitrogens is 1. The smallest absolute Gasteiger partial charge is 0.342 e. The van der Waals surface area contributed by atoms with Crippen molar-refractivity contribution in [3.8, 4) is 22.9 Å². The topological polar surface area (TPSA) is 97.3 Å². The molecule has 0 bridgehead atoms. The molecule has 7 nitrogen and oxygen atoms in total. The monoisotopic (exact) mass is 587 g/mol. The van der Waals surface area contributed by atoms with Crippen molar-refractivity contribution in [3.05, 3.63) is 54.8 Å². The zero-order valence-corrected chi connectivity index (χ0v) is 21.0. The number of aromatic amines is 1. The van der Waals surface area contributed by atoms with Gasteiger partial charge in [-0.3, -0.25) is 5.10 Å². The van der Waals surface area contributed by atoms with Crippen LogP contribution >= 0.6 is 55.2 Å². The van der Waals surface area contributed by atoms with Gasteiger partial charge in [0, 0.05) is 15.1 Å². The van der Waals surface area contributed by atoms with E-state index in [-0.39, 0.29) is 10.1 Å². The summed E-state index contributed by atoms with van der Waals surface area (Å²) in [5, 5.41) is 17.4. The molecule has 0 amide bonds. The molecule has 0 aliphatic heterocycles. The van der Waals surface area contributed by atoms with Crippen molar-refractivity contribution in [3.63, 3.8) is 0 Å². The number of aliphatic carboxylic acids is 1. The first-order chi connectivity index (χ1) is 14.8. The van der Waals surface area contributed by atoms with Gasteiger partial charge in [0.25, 0.3) is 0 Å². The Kier molecular flexibility index (Phi) is 8.04. The van der Waals surface area contributed by atoms with Crippen LogP contribution < -0.4 is 9.47 Å². The van der Waals surface area contributed by atoms with Gasteiger partial charge in [-0.15, -0.1) is 5.10 Å². The number of hydrogen-bond donors (Lipinski definition) is 2. The fraction of sp³-hybridized carbons (Fsp3) is 0.150. The molecule has 0 atom stereocenters. The molecule has 2 N–H and O–H groups in total. The number of rotatable bonds is 8. The number of ether oxygens (including phenoxy) is 2. The summed E-state index contributed by atoms with van der Waals surface area (Å²) in [5.41, 5.74) is 1.21. The number of thioether (sulfide) groups is 1. The largest absolute Gasteiger partial charge is 0.496 e. The summed E-state index contributed by atoms with van der Waals surface area (Å²) < 4.78 is 12.5. The van der Waals surface area contributed by atoms with Crippen molar-refractivity contribution in [2.45, 2.75) is 12.1 Å². The second-order valence-corrected chi connectivity index (χ2v) is 9.18. The number of methoxy groups -OCH3 is 1. The number of benzene rings is 2. The van der Waals surface area contributed by atoms with Crippen LogP contribution in [0.4, 0.5) is 0 Å². The number of carboxylic acid groups (broad SMARTS) is 1. The van der Waals surface area contributed by atoms with Gasteiger partial charge in [0.2, 0.25) is 5.16 Å². The summed E-state index contributed by atoms with van der Waals surface area (Å²) in [4.78, 5) is 16.3. The third kappa shape index (κ3) is 5.82. The van der Waals surface area contributed by atoms with Crippen molar-refractivity contribution < 1.29 is 19.4 Å². The summed E-state index contributed by atoms with van der Waals surface area (Å²) >= 11 is 13.9. The van der Waals surface area contributed by atoms with Gasteiger partial charge in [-0.1, -0.05) is 27.5 Å². The lowest BCUT2D eigenvalue weighted by atomic mass is 10.2. The Morgan fingerprint density at radius 2 is 2.10 bits per heavy atom. The summed E-state index contributed by atoms with van der Waals surface area (Å²) in [6.45, 7) is 2.29. The zero-order chi connectivity index (χ0) is 22.5. The molecule has 0 fully saturated rings. The SMILES string of the molecule is CCOc1c(Br)cc(Br)cc1/C=C(\Sc1n[nH]c(-c2cc(Cl)ccc2OC)n1)C(=O)O. The van der Waals surface area contributed by atoms with Crippen LogP contribution in [0.2, 0.25) is 5.02 Å². The number of nitrogens with one attached hydrogen (secondary N) is 1. The average Bonchev–Trinajstić information content (AvgIpc) is 3.18. The zero-order valence-electron chi connectivity index (χ0n) is 16.3. The van der Waals surface area contributed by atoms with E-state index in [4.69, 9.17) is 21.1 Å². The van der Waals surface area contributed by atoms with Crippen LogP contribution in [-0.2, 0) is 4.79 Å². The van der Waals surface area contributed by atoms with Crippen LogP contribution in [0.25, 0.3) is 17.5 Å². The van der Waals surface area contributed by atoms with Gasteiger partial charge in [0.15, 0.2) is 5.82 Å². The van der Waals surface area contributed by atoms with E-state index in [0.29, 0.717) is 44.6 Å². The number of carboxylic acids is 1. The highest BCUT2D eigenvalue weighted by molar-refractivity contribution is 9.11. The van der Waals surface area contributed by atoms with Gasteiger partial charge >= 0.3 is 5.97 Å². The van der Waals surface area contributed by atoms with Gasteiger partial charge in [0.1, 0.15) is 16.4 Å². The minimum atomic E-state index is -1.12. The summed E-state index contributed by atoms with van der Waals surface area (Å²) in [6.07, 6.45) is 1.52. The Bertz CT molecular complexity index is 1150. The average molecular weight is 590 g/mol. The number of carbonyl (C=O) groups is 1. The van der Waals surface area contributed by atoms with Crippen molar-refractivity contribution in [1.29, 1.82) is 0 Å². The molecule has 2 aromatic carbocycles. The third-order valence-corrected chi connectivity index (χ3v) is 6.07. The molecule has 3 rings (SSSR count). The van der Waals surface area contributed by atoms with Gasteiger partial charge in [-0.25, -0.2) is 9.78 Å². The second kappa shape index (κ2) is 10.5. The molecule has 3 aromatic rings. The van der Waals surface area contributed by atoms with Crippen LogP contribution in [0, 0.1) is 0 Å². The minimum Gasteiger partial charge on any atom is -0.496 e. The molecule has 1 heterocycles. The summed E-state index contributed by atoms with van der Waals surface area (Å²) in [5.74, 6) is 0.401. The Labute approximate surface area is 204 Å². The van der Waals surface area contributed by atoms with Crippen molar-refractivity contribution in [2.24, 2.45) is 0 Å². The minimum absolute atomic E-state index is 0.0227. The maximum absolute atomic E-state index is 11.9. The molecule has 162 valence electrons. The maximum Gasteiger partial charge on any atom is 0.342 e. The maximum atomic E-state index is 11.9. The quantitative estimate of drug-likeness (QED) is 0.236. The van der Waals surface area contributed by atoms with E-state index in [1.807, 2.05) is 13.0 Å². The molecule has 0 aliphatic rings. The normalized spacial score (nSPS) is 11.5. The molecule has 0 radical (unpaired) electrons. The molecular weight excluding hydrogens is 574 g/mol. The van der Waals surface area contributed by atoms with Crippen molar-refractivity contribution in [1.82, 2.24) is 15.2 Å². The Morgan fingerprint density at radius 3 is 2.77 bits per heavy atom. The van der Waals surface area contributed by atoms with E-state index in [9.17, 15) is 9.90 Å². The Hall–Kier alpha value is -2.01. The summed E-state index contributed by atoms with van der Waals surface area (Å²) in [7, 11) is 1.54. The van der Waals surface area contributed by atoms with Crippen LogP contribution in [-0.4, -0.2) is 40.0 Å². The van der Waals surface area contributed by atoms with E-state index in [2.05, 4.69) is 47.0 Å². The van der Waals surface area contributed by atoms with E-state index in [1.165, 1.54) is 13.2 Å². The third-order valence-electron chi connectivity index (χ3n) is 3.91. The molecule has 1 aromatic heterocycles. The Morgan fingerprint density at radius 1 is 1.32 bits per heavy atom. The van der Waals surface area contributed by atoms with E-state index in [1.54, 1.807) is 24.3 Å². The second-order valence-electron chi connectivity index (χ2n) is 5.97. The predicted molar refractivity (Wildman–Crippen MR) is 128 cm³/mol. The van der Waals surface area contributed by atoms with Gasteiger partial charge in [0.05, 0.1) is 23.8 Å². The van der Waals surface area contributed by atoms with Gasteiger partial charge in [-0.2, -0.15) is 0 Å². The molecule has 0 saturated carbocycles. The number of halogens is 3. The number of hydrogen-bond acceptors (Lipinski definition) is 6. The van der Waals surface area contributed by atoms with Crippen molar-refractivity contribution in [2.75, 3.05) is 13.7 Å². The molecule has 0 saturated heterocycles. The lowest BCUT2D eigenvalue weighted by molar-refractivity contribution is -0.131. The first kappa shape index (κ1) is 23.6. The highest BCUT2D eigenvalue weighted by Crippen LogP contribution is 2.37. The van der Waals surface area contributed by atoms with Gasteiger partial charge in [-0.05, 0) is 71.0 Å². The van der Waals surface area contributed by atoms with E-state index >= 15 is 0 Å². The molecule has 0 unspecified atom stereocenters. The number of nitrogens with zero attached hydrogens (tertiary/aromatic N) is 2. The van der Waals surface area contributed by atoms with Crippen LogP contribution in [0.1, 0.15) is 12.5 Å². The number of aromatic nitrogens is 3. The lowest BCUT2D eigenvalue weighted by Crippen LogP contribution is -1.99. The fourth-order valence-corrected chi connectivity index (χ4v) is 4.88. The standard InChI is InChI=1S/C20H16Br2ClN3O4S/c1-3-30-17-10(6-11(21)8-14(17)22)7-16(19(27)28)31-20-24-18(25-26-20)13-9-12(23)4-5-15(13)29-2/h4-9H,3H2,1-2H3,(H,27,28)(H,24,25,26)/b16-7-. The molecule has 11 heteroatoms. The fourth-order valence-electron chi connectivity index (χ4n) is 2.64. The molecule has 0 aliphatic carbocycles. The molecular formula is C20H16Br2ClN3O4S. The lowest BCUT2D eigenvalue weighted by Gasteiger charge is -2.11. The molecule has 31 heavy (non-hydrogen) atoms. The van der Waals surface area contributed by atoms with Crippen LogP contribution in [0.3, 0.4) is 0 Å². The highest BCUT2D eigenvalue weighted by atomic mass is 79.9. The first-order valence-electron chi connectivity index (χ1n) is 8.83.